The molecule has 0 bridgehead atoms. The minimum Gasteiger partial charge on any atom is -0.506 e. The van der Waals surface area contributed by atoms with Crippen LogP contribution in [0.2, 0.25) is 0 Å². The molecule has 4 aromatic carbocycles. The van der Waals surface area contributed by atoms with Crippen molar-refractivity contribution >= 4 is 70.3 Å². The first kappa shape index (κ1) is 31.8. The average Bonchev–Trinajstić information content (AvgIpc) is 2.92. The van der Waals surface area contributed by atoms with Gasteiger partial charge in [-0.1, -0.05) is 18.2 Å². The van der Waals surface area contributed by atoms with Crippen LogP contribution in [0.5, 0.6) is 5.75 Å². The van der Waals surface area contributed by atoms with Crippen molar-refractivity contribution in [3.63, 3.8) is 0 Å². The second kappa shape index (κ2) is 11.2. The number of anilines is 2. The molecule has 0 saturated heterocycles. The monoisotopic (exact) mass is 666 g/mol. The predicted molar refractivity (Wildman–Crippen MR) is 151 cm³/mol. The van der Waals surface area contributed by atoms with Crippen LogP contribution in [0, 0.1) is 0 Å². The molecule has 0 aromatic heterocycles. The van der Waals surface area contributed by atoms with Gasteiger partial charge in [0.1, 0.15) is 5.75 Å². The number of phenols is 1. The van der Waals surface area contributed by atoms with Crippen LogP contribution >= 0.6 is 0 Å². The summed E-state index contributed by atoms with van der Waals surface area (Å²) in [4.78, 5) is 33.1. The third-order valence-corrected chi connectivity index (χ3v) is 8.97. The van der Waals surface area contributed by atoms with Crippen LogP contribution in [0.1, 0.15) is 31.1 Å². The van der Waals surface area contributed by atoms with Gasteiger partial charge in [-0.15, -0.1) is 0 Å². The van der Waals surface area contributed by atoms with E-state index in [1.807, 2.05) is 0 Å². The molecule has 0 heterocycles. The number of hydrogen-bond acceptors (Lipinski definition) is 10. The zero-order chi connectivity index (χ0) is 32.8. The molecule has 19 heteroatoms. The Bertz CT molecular complexity index is 2150. The molecule has 0 radical (unpaired) electrons. The molecule has 0 unspecified atom stereocenters. The predicted octanol–water partition coefficient (Wildman–Crippen LogP) is 2.49. The van der Waals surface area contributed by atoms with Crippen molar-refractivity contribution in [3.05, 3.63) is 83.4 Å². The second-order valence-electron chi connectivity index (χ2n) is 8.92. The quantitative estimate of drug-likeness (QED) is 0.126. The zero-order valence-electron chi connectivity index (χ0n) is 21.5. The van der Waals surface area contributed by atoms with Crippen LogP contribution in [-0.4, -0.2) is 67.5 Å². The largest absolute Gasteiger partial charge is 0.506 e. The first-order chi connectivity index (χ1) is 20.3. The summed E-state index contributed by atoms with van der Waals surface area (Å²) in [6.45, 7) is 0. The van der Waals surface area contributed by atoms with Gasteiger partial charge < -0.3 is 20.6 Å². The summed E-state index contributed by atoms with van der Waals surface area (Å²) < 4.78 is 93.3. The maximum absolute atomic E-state index is 13.1. The Hall–Kier alpha value is -5.08. The summed E-state index contributed by atoms with van der Waals surface area (Å²) in [7, 11) is -14.6. The summed E-state index contributed by atoms with van der Waals surface area (Å²) >= 11 is 0. The summed E-state index contributed by atoms with van der Waals surface area (Å²) in [5.74, 6) is -4.98. The van der Waals surface area contributed by atoms with E-state index in [1.165, 1.54) is 24.3 Å². The van der Waals surface area contributed by atoms with Gasteiger partial charge in [0.05, 0.1) is 37.1 Å². The number of aromatic carboxylic acids is 2. The standard InChI is InChI=1S/C25H18N2O14S3/c28-22-19-2-1-3-21(27-42(34,35)15-7-12(24(30)31)6-13(8-15)25(32)33)18(19)4-5-20(22)23(29)26-14-9-16(43(36,37)38)11-17(10-14)44(39,40)41/h1-11,27-28H,(H,26,29)(H,30,31)(H,32,33)(H,36,37,38)(H,39,40,41). The van der Waals surface area contributed by atoms with Crippen LogP contribution in [0.25, 0.3) is 10.8 Å². The van der Waals surface area contributed by atoms with Gasteiger partial charge in [0, 0.05) is 16.5 Å². The van der Waals surface area contributed by atoms with Crippen molar-refractivity contribution in [1.29, 1.82) is 0 Å². The van der Waals surface area contributed by atoms with Crippen LogP contribution in [0.3, 0.4) is 0 Å². The van der Waals surface area contributed by atoms with Crippen molar-refractivity contribution in [2.45, 2.75) is 14.7 Å². The fourth-order valence-corrected chi connectivity index (χ4v) is 6.29. The van der Waals surface area contributed by atoms with E-state index in [9.17, 15) is 64.1 Å². The molecule has 44 heavy (non-hydrogen) atoms. The number of amides is 1. The number of phenolic OH excluding ortho intramolecular Hbond substituents is 1. The lowest BCUT2D eigenvalue weighted by Gasteiger charge is -2.14. The minimum absolute atomic E-state index is 0.0278. The number of aromatic hydroxyl groups is 1. The number of carboxylic acid groups (broad SMARTS) is 2. The van der Waals surface area contributed by atoms with Gasteiger partial charge in [-0.2, -0.15) is 16.8 Å². The highest BCUT2D eigenvalue weighted by atomic mass is 32.2. The number of carboxylic acids is 2. The highest BCUT2D eigenvalue weighted by Crippen LogP contribution is 2.35. The van der Waals surface area contributed by atoms with Crippen molar-refractivity contribution in [2.75, 3.05) is 10.0 Å². The zero-order valence-corrected chi connectivity index (χ0v) is 23.9. The fourth-order valence-electron chi connectivity index (χ4n) is 3.96. The molecule has 7 N–H and O–H groups in total. The van der Waals surface area contributed by atoms with E-state index < -0.39 is 90.9 Å². The smallest absolute Gasteiger partial charge is 0.335 e. The number of rotatable bonds is 9. The summed E-state index contributed by atoms with van der Waals surface area (Å²) in [5, 5.41) is 31.5. The van der Waals surface area contributed by atoms with E-state index in [2.05, 4.69) is 10.0 Å². The Kier molecular flexibility index (Phi) is 8.11. The van der Waals surface area contributed by atoms with Gasteiger partial charge in [-0.25, -0.2) is 18.0 Å². The summed E-state index contributed by atoms with van der Waals surface area (Å²) in [5.41, 5.74) is -2.35. The topological polar surface area (TPSA) is 279 Å². The highest BCUT2D eigenvalue weighted by molar-refractivity contribution is 7.92. The minimum atomic E-state index is -4.99. The molecule has 4 aromatic rings. The lowest BCUT2D eigenvalue weighted by Crippen LogP contribution is -2.16. The normalized spacial score (nSPS) is 12.0. The molecule has 16 nitrogen and oxygen atoms in total. The Balaban J connectivity index is 1.73. The van der Waals surface area contributed by atoms with Crippen LogP contribution in [-0.2, 0) is 30.3 Å². The average molecular weight is 667 g/mol. The van der Waals surface area contributed by atoms with Gasteiger partial charge in [0.25, 0.3) is 36.2 Å². The van der Waals surface area contributed by atoms with E-state index in [4.69, 9.17) is 0 Å². The molecule has 0 spiro atoms. The van der Waals surface area contributed by atoms with Gasteiger partial charge in [0.15, 0.2) is 0 Å². The molecular weight excluding hydrogens is 648 g/mol. The number of nitrogens with one attached hydrogen (secondary N) is 2. The molecular formula is C25H18N2O14S3. The summed E-state index contributed by atoms with van der Waals surface area (Å²) in [6.07, 6.45) is 0. The maximum Gasteiger partial charge on any atom is 0.335 e. The second-order valence-corrected chi connectivity index (χ2v) is 13.4. The van der Waals surface area contributed by atoms with Crippen LogP contribution in [0.4, 0.5) is 11.4 Å². The first-order valence-electron chi connectivity index (χ1n) is 11.6. The van der Waals surface area contributed by atoms with Crippen LogP contribution in [0.15, 0.2) is 81.4 Å². The number of sulfonamides is 1. The SMILES string of the molecule is O=C(O)c1cc(C(=O)O)cc(S(=O)(=O)Nc2cccc3c(O)c(C(=O)Nc4cc(S(=O)(=O)O)cc(S(=O)(=O)O)c4)ccc23)c1. The molecule has 0 fully saturated rings. The van der Waals surface area contributed by atoms with Gasteiger partial charge in [-0.3, -0.25) is 18.6 Å². The van der Waals surface area contributed by atoms with Crippen molar-refractivity contribution in [2.24, 2.45) is 0 Å². The van der Waals surface area contributed by atoms with Crippen molar-refractivity contribution in [1.82, 2.24) is 0 Å². The van der Waals surface area contributed by atoms with E-state index >= 15 is 0 Å². The van der Waals surface area contributed by atoms with Crippen molar-refractivity contribution < 1.29 is 64.1 Å². The van der Waals surface area contributed by atoms with E-state index in [0.29, 0.717) is 18.2 Å². The molecule has 0 aliphatic heterocycles. The summed E-state index contributed by atoms with van der Waals surface area (Å²) in [6, 6.07) is 10.1. The Labute approximate surface area is 247 Å². The lowest BCUT2D eigenvalue weighted by atomic mass is 10.0. The Morgan fingerprint density at radius 1 is 0.636 bits per heavy atom. The Morgan fingerprint density at radius 2 is 1.18 bits per heavy atom. The molecule has 0 aliphatic carbocycles. The number of benzene rings is 4. The van der Waals surface area contributed by atoms with Gasteiger partial charge in [-0.05, 0) is 48.5 Å². The number of fused-ring (bicyclic) bond motifs is 1. The highest BCUT2D eigenvalue weighted by Gasteiger charge is 2.23. The molecule has 4 rings (SSSR count). The van der Waals surface area contributed by atoms with E-state index in [1.54, 1.807) is 0 Å². The third kappa shape index (κ3) is 6.61. The van der Waals surface area contributed by atoms with Gasteiger partial charge in [0.2, 0.25) is 0 Å². The number of carbonyl (C=O) groups excluding carboxylic acids is 1. The van der Waals surface area contributed by atoms with E-state index in [-0.39, 0.29) is 16.5 Å². The number of carbonyl (C=O) groups is 3. The maximum atomic E-state index is 13.1. The molecule has 0 saturated carbocycles. The van der Waals surface area contributed by atoms with E-state index in [0.717, 1.165) is 24.3 Å². The Morgan fingerprint density at radius 3 is 1.68 bits per heavy atom. The number of hydrogen-bond donors (Lipinski definition) is 7. The molecule has 0 aliphatic rings. The molecule has 230 valence electrons. The third-order valence-electron chi connectivity index (χ3n) is 5.97. The molecule has 1 amide bonds. The first-order valence-corrected chi connectivity index (χ1v) is 15.9. The van der Waals surface area contributed by atoms with Crippen molar-refractivity contribution in [3.8, 4) is 5.75 Å². The van der Waals surface area contributed by atoms with Gasteiger partial charge >= 0.3 is 11.9 Å². The molecule has 0 atom stereocenters. The lowest BCUT2D eigenvalue weighted by molar-refractivity contribution is 0.0696. The van der Waals surface area contributed by atoms with Crippen LogP contribution < -0.4 is 10.0 Å². The fraction of sp³-hybridized carbons (Fsp3) is 0.